The van der Waals surface area contributed by atoms with E-state index in [1.807, 2.05) is 34.6 Å². The lowest BCUT2D eigenvalue weighted by molar-refractivity contribution is -0.203. The van der Waals surface area contributed by atoms with Crippen molar-refractivity contribution >= 4 is 25.3 Å². The molecule has 4 heteroatoms. The van der Waals surface area contributed by atoms with Crippen molar-refractivity contribution in [3.8, 4) is 0 Å². The third kappa shape index (κ3) is 9.23. The molecule has 0 saturated carbocycles. The van der Waals surface area contributed by atoms with E-state index < -0.39 is 5.79 Å². The summed E-state index contributed by atoms with van der Waals surface area (Å²) in [6.45, 7) is 9.92. The van der Waals surface area contributed by atoms with E-state index in [2.05, 4.69) is 25.3 Å². The van der Waals surface area contributed by atoms with E-state index in [0.717, 1.165) is 12.8 Å². The predicted octanol–water partition coefficient (Wildman–Crippen LogP) is 3.28. The van der Waals surface area contributed by atoms with Gasteiger partial charge in [0, 0.05) is 21.8 Å². The highest BCUT2D eigenvalue weighted by atomic mass is 32.1. The number of aliphatic hydroxyl groups is 2. The highest BCUT2D eigenvalue weighted by molar-refractivity contribution is 7.81. The van der Waals surface area contributed by atoms with Gasteiger partial charge in [-0.2, -0.15) is 25.3 Å². The van der Waals surface area contributed by atoms with E-state index in [4.69, 9.17) is 0 Å². The van der Waals surface area contributed by atoms with Crippen molar-refractivity contribution in [2.75, 3.05) is 0 Å². The fraction of sp³-hybridized carbons (Fsp3) is 1.00. The fourth-order valence-corrected chi connectivity index (χ4v) is 1.78. The molecule has 0 aromatic heterocycles. The Morgan fingerprint density at radius 3 is 1.65 bits per heavy atom. The first kappa shape index (κ1) is 17.6. The molecule has 0 aliphatic carbocycles. The monoisotopic (exact) mass is 280 g/mol. The largest absolute Gasteiger partial charge is 0.365 e. The molecule has 0 bridgehead atoms. The third-order valence-electron chi connectivity index (χ3n) is 3.08. The molecule has 0 amide bonds. The van der Waals surface area contributed by atoms with Crippen LogP contribution in [-0.4, -0.2) is 25.5 Å². The molecule has 1 unspecified atom stereocenters. The van der Waals surface area contributed by atoms with Crippen molar-refractivity contribution in [3.63, 3.8) is 0 Å². The van der Waals surface area contributed by atoms with Gasteiger partial charge in [0.2, 0.25) is 0 Å². The first-order valence-electron chi connectivity index (χ1n) is 6.23. The molecule has 1 atom stereocenters. The Hall–Kier alpha value is 0.620. The van der Waals surface area contributed by atoms with E-state index in [1.165, 1.54) is 0 Å². The average Bonchev–Trinajstić information content (AvgIpc) is 2.09. The summed E-state index contributed by atoms with van der Waals surface area (Å²) in [6.07, 6.45) is 2.66. The van der Waals surface area contributed by atoms with E-state index in [-0.39, 0.29) is 15.4 Å². The zero-order chi connectivity index (χ0) is 13.9. The molecular weight excluding hydrogens is 252 g/mol. The second kappa shape index (κ2) is 6.18. The van der Waals surface area contributed by atoms with Crippen LogP contribution in [0, 0.1) is 5.92 Å². The van der Waals surface area contributed by atoms with Crippen molar-refractivity contribution in [1.29, 1.82) is 0 Å². The van der Waals surface area contributed by atoms with Crippen molar-refractivity contribution in [2.45, 2.75) is 75.6 Å². The Labute approximate surface area is 117 Å². The molecule has 2 nitrogen and oxygen atoms in total. The van der Waals surface area contributed by atoms with Gasteiger partial charge >= 0.3 is 0 Å². The van der Waals surface area contributed by atoms with Crippen molar-refractivity contribution in [3.05, 3.63) is 0 Å². The molecule has 0 rings (SSSR count). The maximum absolute atomic E-state index is 10.0. The summed E-state index contributed by atoms with van der Waals surface area (Å²) < 4.78 is -0.230. The topological polar surface area (TPSA) is 40.5 Å². The van der Waals surface area contributed by atoms with Crippen LogP contribution in [-0.2, 0) is 0 Å². The summed E-state index contributed by atoms with van der Waals surface area (Å²) in [7, 11) is 0. The van der Waals surface area contributed by atoms with Gasteiger partial charge in [0.15, 0.2) is 5.79 Å². The molecule has 17 heavy (non-hydrogen) atoms. The molecule has 0 fully saturated rings. The molecule has 0 aromatic rings. The van der Waals surface area contributed by atoms with Crippen LogP contribution < -0.4 is 0 Å². The first-order chi connectivity index (χ1) is 7.33. The van der Waals surface area contributed by atoms with Crippen LogP contribution in [0.15, 0.2) is 0 Å². The first-order valence-corrected chi connectivity index (χ1v) is 7.12. The molecule has 0 saturated heterocycles. The summed E-state index contributed by atoms with van der Waals surface area (Å²) in [4.78, 5) is 0. The van der Waals surface area contributed by atoms with Crippen molar-refractivity contribution in [2.24, 2.45) is 5.92 Å². The third-order valence-corrected chi connectivity index (χ3v) is 3.53. The SMILES string of the molecule is CC(CCC(C)(C)S)C(O)(O)CCC(C)(C)S. The molecule has 104 valence electrons. The molecule has 0 aliphatic heterocycles. The van der Waals surface area contributed by atoms with Gasteiger partial charge in [-0.1, -0.05) is 34.6 Å². The van der Waals surface area contributed by atoms with Gasteiger partial charge in [-0.25, -0.2) is 0 Å². The predicted molar refractivity (Wildman–Crippen MR) is 80.9 cm³/mol. The van der Waals surface area contributed by atoms with Crippen LogP contribution in [0.25, 0.3) is 0 Å². The standard InChI is InChI=1S/C13H28O2S2/c1-10(6-7-11(2,3)16)13(14,15)9-8-12(4,5)17/h10,14-17H,6-9H2,1-5H3. The van der Waals surface area contributed by atoms with Gasteiger partial charge in [-0.3, -0.25) is 0 Å². The molecular formula is C13H28O2S2. The van der Waals surface area contributed by atoms with Crippen molar-refractivity contribution in [1.82, 2.24) is 0 Å². The van der Waals surface area contributed by atoms with Gasteiger partial charge in [-0.15, -0.1) is 0 Å². The number of hydrogen-bond acceptors (Lipinski definition) is 4. The minimum atomic E-state index is -1.60. The summed E-state index contributed by atoms with van der Waals surface area (Å²) >= 11 is 8.85. The number of rotatable bonds is 7. The zero-order valence-corrected chi connectivity index (χ0v) is 13.5. The van der Waals surface area contributed by atoms with E-state index in [1.54, 1.807) is 0 Å². The Bertz CT molecular complexity index is 227. The quantitative estimate of drug-likeness (QED) is 0.427. The summed E-state index contributed by atoms with van der Waals surface area (Å²) in [5.41, 5.74) is 0. The smallest absolute Gasteiger partial charge is 0.165 e. The van der Waals surface area contributed by atoms with E-state index in [0.29, 0.717) is 12.8 Å². The number of thiol groups is 2. The summed E-state index contributed by atoms with van der Waals surface area (Å²) in [6, 6.07) is 0. The summed E-state index contributed by atoms with van der Waals surface area (Å²) in [5, 5.41) is 20.1. The van der Waals surface area contributed by atoms with Crippen LogP contribution in [0.5, 0.6) is 0 Å². The Morgan fingerprint density at radius 1 is 0.882 bits per heavy atom. The van der Waals surface area contributed by atoms with Crippen molar-refractivity contribution < 1.29 is 10.2 Å². The Morgan fingerprint density at radius 2 is 1.29 bits per heavy atom. The Kier molecular flexibility index (Phi) is 6.40. The number of hydrogen-bond donors (Lipinski definition) is 4. The molecule has 0 aromatic carbocycles. The van der Waals surface area contributed by atoms with Crippen LogP contribution in [0.3, 0.4) is 0 Å². The van der Waals surface area contributed by atoms with Gasteiger partial charge in [0.1, 0.15) is 0 Å². The maximum Gasteiger partial charge on any atom is 0.165 e. The van der Waals surface area contributed by atoms with Crippen LogP contribution in [0.1, 0.15) is 60.3 Å². The lowest BCUT2D eigenvalue weighted by Gasteiger charge is -2.32. The lowest BCUT2D eigenvalue weighted by atomic mass is 9.87. The Balaban J connectivity index is 4.20. The van der Waals surface area contributed by atoms with Gasteiger partial charge in [0.25, 0.3) is 0 Å². The van der Waals surface area contributed by atoms with Crippen LogP contribution in [0.4, 0.5) is 0 Å². The second-order valence-electron chi connectivity index (χ2n) is 6.44. The molecule has 0 aliphatic rings. The zero-order valence-electron chi connectivity index (χ0n) is 11.7. The van der Waals surface area contributed by atoms with Gasteiger partial charge in [0.05, 0.1) is 0 Å². The second-order valence-corrected chi connectivity index (χ2v) is 8.86. The lowest BCUT2D eigenvalue weighted by Crippen LogP contribution is -2.38. The maximum atomic E-state index is 10.0. The molecule has 0 spiro atoms. The average molecular weight is 280 g/mol. The molecule has 0 heterocycles. The van der Waals surface area contributed by atoms with E-state index in [9.17, 15) is 10.2 Å². The minimum Gasteiger partial charge on any atom is -0.365 e. The van der Waals surface area contributed by atoms with Crippen LogP contribution in [0.2, 0.25) is 0 Å². The highest BCUT2D eigenvalue weighted by Gasteiger charge is 2.32. The summed E-state index contributed by atoms with van der Waals surface area (Å²) in [5.74, 6) is -1.75. The minimum absolute atomic E-state index is 0.0623. The van der Waals surface area contributed by atoms with Gasteiger partial charge in [-0.05, 0) is 19.3 Å². The fourth-order valence-electron chi connectivity index (χ4n) is 1.54. The van der Waals surface area contributed by atoms with Crippen LogP contribution >= 0.6 is 25.3 Å². The highest BCUT2D eigenvalue weighted by Crippen LogP contribution is 2.31. The normalized spacial score (nSPS) is 16.1. The molecule has 2 N–H and O–H groups in total. The van der Waals surface area contributed by atoms with E-state index >= 15 is 0 Å². The molecule has 0 radical (unpaired) electrons. The van der Waals surface area contributed by atoms with Gasteiger partial charge < -0.3 is 10.2 Å².